The van der Waals surface area contributed by atoms with Crippen LogP contribution in [0.4, 0.5) is 10.3 Å². The summed E-state index contributed by atoms with van der Waals surface area (Å²) in [5.41, 5.74) is 11.5. The number of carbonyl (C=O) groups is 4. The second kappa shape index (κ2) is 12.2. The molecule has 37 heavy (non-hydrogen) atoms. The van der Waals surface area contributed by atoms with Crippen molar-refractivity contribution in [3.8, 4) is 0 Å². The Morgan fingerprint density at radius 2 is 1.92 bits per heavy atom. The summed E-state index contributed by atoms with van der Waals surface area (Å²) < 4.78 is 4.88. The van der Waals surface area contributed by atoms with Crippen LogP contribution in [0.5, 0.6) is 0 Å². The summed E-state index contributed by atoms with van der Waals surface area (Å²) in [7, 11) is 0. The Balaban J connectivity index is 0.00000380. The third kappa shape index (κ3) is 6.42. The molecule has 190 valence electrons. The van der Waals surface area contributed by atoms with E-state index in [4.69, 9.17) is 21.0 Å². The Hall–Kier alpha value is -2.70. The molecule has 14 nitrogen and oxygen atoms in total. The minimum Gasteiger partial charge on any atom is -0.543 e. The normalized spacial score (nSPS) is 18.9. The monoisotopic (exact) mass is 575 g/mol. The summed E-state index contributed by atoms with van der Waals surface area (Å²) in [6.07, 6.45) is 0. The molecule has 0 saturated carbocycles. The molecule has 0 radical (unpaired) electrons. The van der Waals surface area contributed by atoms with Crippen molar-refractivity contribution in [1.29, 1.82) is 0 Å². The molecule has 5 N–H and O–H groups in total. The predicted molar refractivity (Wildman–Crippen MR) is 128 cm³/mol. The van der Waals surface area contributed by atoms with Gasteiger partial charge >= 0.3 is 35.5 Å². The van der Waals surface area contributed by atoms with Gasteiger partial charge in [0.15, 0.2) is 22.6 Å². The predicted octanol–water partition coefficient (Wildman–Crippen LogP) is -4.34. The number of esters is 1. The van der Waals surface area contributed by atoms with Crippen LogP contribution in [0.25, 0.3) is 0 Å². The van der Waals surface area contributed by atoms with Crippen molar-refractivity contribution in [2.75, 3.05) is 23.8 Å². The summed E-state index contributed by atoms with van der Waals surface area (Å²) in [6, 6.07) is -1.05. The molecular formula is C19H18N7NaO7S3. The van der Waals surface area contributed by atoms with E-state index in [1.165, 1.54) is 35.4 Å². The van der Waals surface area contributed by atoms with Crippen LogP contribution in [0.1, 0.15) is 18.3 Å². The number of thioether (sulfide) groups is 1. The van der Waals surface area contributed by atoms with Crippen LogP contribution in [0.3, 0.4) is 0 Å². The second-order valence-corrected chi connectivity index (χ2v) is 10.2. The van der Waals surface area contributed by atoms with Crippen LogP contribution in [-0.2, 0) is 35.4 Å². The number of nitrogen functional groups attached to an aromatic ring is 2. The molecule has 0 spiro atoms. The second-order valence-electron chi connectivity index (χ2n) is 7.34. The van der Waals surface area contributed by atoms with Crippen LogP contribution in [0.15, 0.2) is 27.2 Å². The molecule has 0 aromatic carbocycles. The first-order valence-electron chi connectivity index (χ1n) is 10.1. The Morgan fingerprint density at radius 1 is 1.22 bits per heavy atom. The van der Waals surface area contributed by atoms with Gasteiger partial charge < -0.3 is 36.3 Å². The number of amides is 2. The van der Waals surface area contributed by atoms with E-state index < -0.39 is 35.2 Å². The maximum absolute atomic E-state index is 13.1. The molecule has 4 heterocycles. The summed E-state index contributed by atoms with van der Waals surface area (Å²) >= 11 is 3.50. The van der Waals surface area contributed by atoms with Gasteiger partial charge in [-0.2, -0.15) is 0 Å². The number of aromatic nitrogens is 2. The summed E-state index contributed by atoms with van der Waals surface area (Å²) in [5.74, 6) is -3.47. The van der Waals surface area contributed by atoms with E-state index in [-0.39, 0.29) is 76.3 Å². The Morgan fingerprint density at radius 3 is 2.51 bits per heavy atom. The maximum atomic E-state index is 13.1. The number of β-lactam (4-membered cyclic amide) rings is 1. The Kier molecular flexibility index (Phi) is 9.54. The number of oxime groups is 1. The number of fused-ring (bicyclic) bond motifs is 1. The molecule has 0 aliphatic carbocycles. The smallest absolute Gasteiger partial charge is 0.543 e. The molecule has 2 atom stereocenters. The minimum atomic E-state index is -1.59. The molecule has 1 fully saturated rings. The first kappa shape index (κ1) is 28.9. The average molecular weight is 576 g/mol. The van der Waals surface area contributed by atoms with Gasteiger partial charge in [-0.1, -0.05) is 5.16 Å². The third-order valence-corrected chi connectivity index (χ3v) is 7.63. The van der Waals surface area contributed by atoms with Crippen molar-refractivity contribution >= 4 is 74.2 Å². The van der Waals surface area contributed by atoms with Gasteiger partial charge in [0.25, 0.3) is 11.8 Å². The van der Waals surface area contributed by atoms with Gasteiger partial charge in [0.05, 0.1) is 17.4 Å². The van der Waals surface area contributed by atoms with Gasteiger partial charge in [-0.3, -0.25) is 19.3 Å². The largest absolute Gasteiger partial charge is 1.00 e. The molecule has 2 aliphatic heterocycles. The molecule has 2 aromatic heterocycles. The van der Waals surface area contributed by atoms with Crippen molar-refractivity contribution in [1.82, 2.24) is 20.2 Å². The summed E-state index contributed by atoms with van der Waals surface area (Å²) in [4.78, 5) is 63.1. The van der Waals surface area contributed by atoms with Gasteiger partial charge in [0.2, 0.25) is 0 Å². The number of thiazole rings is 2. The quantitative estimate of drug-likeness (QED) is 0.0850. The molecule has 0 bridgehead atoms. The van der Waals surface area contributed by atoms with Crippen LogP contribution >= 0.6 is 34.4 Å². The number of carboxylic acids is 1. The fraction of sp³-hybridized carbons (Fsp3) is 0.316. The fourth-order valence-electron chi connectivity index (χ4n) is 3.33. The molecule has 2 aromatic rings. The van der Waals surface area contributed by atoms with E-state index in [0.29, 0.717) is 10.8 Å². The number of rotatable bonds is 9. The van der Waals surface area contributed by atoms with Gasteiger partial charge in [-0.15, -0.1) is 34.4 Å². The Labute approximate surface area is 243 Å². The minimum absolute atomic E-state index is 0. The molecule has 0 unspecified atom stereocenters. The van der Waals surface area contributed by atoms with Crippen LogP contribution in [0.2, 0.25) is 0 Å². The number of hydrogen-bond acceptors (Lipinski definition) is 15. The standard InChI is InChI=1S/C19H19N7O7S3.Na/c1-7(27)32-2-8-4-34-16-12(15(29)26(16)13(8)17(30)31)24-14(28)11(10-6-36-19(21)23-10)25-33-3-9-5-35-18(20)22-9;/h5-6,12,16H,2-4H2,1H3,(H2,20,22)(H2,21,23)(H,24,28)(H,30,31);/q;+1/p-1/b25-11-;/t12-,16-;/m1./s1. The topological polar surface area (TPSA) is 215 Å². The van der Waals surface area contributed by atoms with E-state index in [0.717, 1.165) is 16.2 Å². The maximum Gasteiger partial charge on any atom is 1.00 e. The number of hydrogen-bond donors (Lipinski definition) is 3. The number of carboxylic acid groups (broad SMARTS) is 1. The zero-order valence-corrected chi connectivity index (χ0v) is 23.9. The van der Waals surface area contributed by atoms with Crippen molar-refractivity contribution in [2.24, 2.45) is 5.16 Å². The van der Waals surface area contributed by atoms with Crippen molar-refractivity contribution in [3.05, 3.63) is 33.4 Å². The Bertz CT molecular complexity index is 1290. The third-order valence-electron chi connectivity index (χ3n) is 4.89. The molecule has 2 aliphatic rings. The van der Waals surface area contributed by atoms with Gasteiger partial charge in [0, 0.05) is 29.0 Å². The summed E-state index contributed by atoms with van der Waals surface area (Å²) in [5, 5.41) is 21.2. The SMILES string of the molecule is CC(=O)OCC1=C(C(=O)[O-])N2C(=O)[C@@H](NC(=O)/C(=N\OCc3csc(N)n3)c3csc(N)n3)[C@H]2SC1.[Na+]. The molecule has 2 amide bonds. The number of carbonyl (C=O) groups excluding carboxylic acids is 4. The first-order valence-corrected chi connectivity index (χ1v) is 12.9. The zero-order valence-electron chi connectivity index (χ0n) is 19.5. The van der Waals surface area contributed by atoms with Crippen molar-refractivity contribution in [2.45, 2.75) is 24.9 Å². The molecular weight excluding hydrogens is 557 g/mol. The van der Waals surface area contributed by atoms with E-state index >= 15 is 0 Å². The van der Waals surface area contributed by atoms with Gasteiger partial charge in [-0.25, -0.2) is 9.97 Å². The van der Waals surface area contributed by atoms with Crippen molar-refractivity contribution in [3.63, 3.8) is 0 Å². The van der Waals surface area contributed by atoms with Crippen LogP contribution in [-0.4, -0.2) is 68.1 Å². The first-order chi connectivity index (χ1) is 17.2. The van der Waals surface area contributed by atoms with E-state index in [9.17, 15) is 24.3 Å². The van der Waals surface area contributed by atoms with Crippen LogP contribution < -0.4 is 51.4 Å². The van der Waals surface area contributed by atoms with E-state index in [2.05, 4.69) is 20.4 Å². The molecule has 4 rings (SSSR count). The summed E-state index contributed by atoms with van der Waals surface area (Å²) in [6.45, 7) is 0.830. The fourth-order valence-corrected chi connectivity index (χ4v) is 5.76. The number of nitrogens with two attached hydrogens (primary N) is 2. The van der Waals surface area contributed by atoms with Gasteiger partial charge in [0.1, 0.15) is 23.7 Å². The van der Waals surface area contributed by atoms with Gasteiger partial charge in [-0.05, 0) is 0 Å². The number of nitrogens with zero attached hydrogens (tertiary/aromatic N) is 4. The van der Waals surface area contributed by atoms with E-state index in [1.54, 1.807) is 5.38 Å². The van der Waals surface area contributed by atoms with Crippen LogP contribution in [0, 0.1) is 0 Å². The molecule has 1 saturated heterocycles. The van der Waals surface area contributed by atoms with Crippen molar-refractivity contribution < 1.29 is 63.4 Å². The zero-order chi connectivity index (χ0) is 26.0. The number of nitrogens with one attached hydrogen (secondary N) is 1. The number of aliphatic carboxylic acids is 1. The number of ether oxygens (including phenoxy) is 1. The average Bonchev–Trinajstić information content (AvgIpc) is 3.45. The van der Waals surface area contributed by atoms with E-state index in [1.807, 2.05) is 0 Å². The molecule has 18 heteroatoms. The number of anilines is 2.